The Bertz CT molecular complexity index is 640. The van der Waals surface area contributed by atoms with Crippen LogP contribution < -0.4 is 5.32 Å². The molecule has 0 radical (unpaired) electrons. The van der Waals surface area contributed by atoms with E-state index < -0.39 is 0 Å². The highest BCUT2D eigenvalue weighted by atomic mass is 79.9. The maximum absolute atomic E-state index is 12.2. The molecule has 0 atom stereocenters. The van der Waals surface area contributed by atoms with E-state index in [9.17, 15) is 4.79 Å². The number of halogens is 2. The fourth-order valence-electron chi connectivity index (χ4n) is 1.75. The quantitative estimate of drug-likeness (QED) is 0.823. The van der Waals surface area contributed by atoms with Gasteiger partial charge in [-0.3, -0.25) is 4.79 Å². The molecular weight excluding hydrogens is 326 g/mol. The van der Waals surface area contributed by atoms with Crippen LogP contribution >= 0.6 is 27.5 Å². The normalized spacial score (nSPS) is 10.3. The second-order valence-electron chi connectivity index (χ2n) is 4.33. The van der Waals surface area contributed by atoms with Crippen LogP contribution in [0.15, 0.2) is 40.9 Å². The van der Waals surface area contributed by atoms with Crippen molar-refractivity contribution in [2.45, 2.75) is 13.8 Å². The predicted octanol–water partition coefficient (Wildman–Crippen LogP) is 4.97. The topological polar surface area (TPSA) is 29.1 Å². The van der Waals surface area contributed by atoms with E-state index in [0.717, 1.165) is 16.8 Å². The van der Waals surface area contributed by atoms with E-state index >= 15 is 0 Å². The van der Waals surface area contributed by atoms with Crippen LogP contribution in [0, 0.1) is 13.8 Å². The van der Waals surface area contributed by atoms with Gasteiger partial charge in [0.05, 0.1) is 5.56 Å². The lowest BCUT2D eigenvalue weighted by Crippen LogP contribution is -2.13. The molecule has 98 valence electrons. The molecule has 0 aromatic heterocycles. The van der Waals surface area contributed by atoms with Crippen LogP contribution in [0.1, 0.15) is 21.5 Å². The lowest BCUT2D eigenvalue weighted by Gasteiger charge is -2.11. The van der Waals surface area contributed by atoms with Crippen molar-refractivity contribution < 1.29 is 4.79 Å². The van der Waals surface area contributed by atoms with Gasteiger partial charge in [0.2, 0.25) is 0 Å². The van der Waals surface area contributed by atoms with Crippen molar-refractivity contribution in [3.63, 3.8) is 0 Å². The fourth-order valence-corrected chi connectivity index (χ4v) is 2.61. The number of hydrogen-bond donors (Lipinski definition) is 1. The van der Waals surface area contributed by atoms with Crippen LogP contribution in [0.25, 0.3) is 0 Å². The van der Waals surface area contributed by atoms with Crippen molar-refractivity contribution >= 4 is 39.1 Å². The Hall–Kier alpha value is -1.32. The van der Waals surface area contributed by atoms with Gasteiger partial charge in [-0.25, -0.2) is 0 Å². The highest BCUT2D eigenvalue weighted by Gasteiger charge is 2.12. The highest BCUT2D eigenvalue weighted by Crippen LogP contribution is 2.24. The molecule has 0 saturated carbocycles. The zero-order valence-electron chi connectivity index (χ0n) is 10.6. The van der Waals surface area contributed by atoms with Gasteiger partial charge in [-0.1, -0.05) is 23.7 Å². The van der Waals surface area contributed by atoms with Gasteiger partial charge < -0.3 is 5.32 Å². The van der Waals surface area contributed by atoms with Gasteiger partial charge in [0.25, 0.3) is 5.91 Å². The molecule has 0 aliphatic heterocycles. The number of rotatable bonds is 2. The van der Waals surface area contributed by atoms with Gasteiger partial charge in [-0.15, -0.1) is 0 Å². The molecule has 0 heterocycles. The minimum absolute atomic E-state index is 0.155. The second kappa shape index (κ2) is 5.76. The summed E-state index contributed by atoms with van der Waals surface area (Å²) in [5.74, 6) is -0.155. The third kappa shape index (κ3) is 3.17. The summed E-state index contributed by atoms with van der Waals surface area (Å²) in [5.41, 5.74) is 3.60. The summed E-state index contributed by atoms with van der Waals surface area (Å²) in [4.78, 5) is 12.2. The van der Waals surface area contributed by atoms with E-state index in [0.29, 0.717) is 15.1 Å². The number of carbonyl (C=O) groups excluding carboxylic acids is 1. The molecule has 4 heteroatoms. The van der Waals surface area contributed by atoms with Crippen molar-refractivity contribution in [1.82, 2.24) is 0 Å². The summed E-state index contributed by atoms with van der Waals surface area (Å²) in [6.45, 7) is 4.01. The highest BCUT2D eigenvalue weighted by molar-refractivity contribution is 9.10. The van der Waals surface area contributed by atoms with Crippen LogP contribution in [-0.2, 0) is 0 Å². The van der Waals surface area contributed by atoms with Crippen LogP contribution in [0.5, 0.6) is 0 Å². The number of carbonyl (C=O) groups is 1. The summed E-state index contributed by atoms with van der Waals surface area (Å²) in [6.07, 6.45) is 0. The zero-order chi connectivity index (χ0) is 14.0. The molecule has 2 aromatic carbocycles. The van der Waals surface area contributed by atoms with E-state index in [1.54, 1.807) is 18.2 Å². The average Bonchev–Trinajstić information content (AvgIpc) is 2.34. The molecule has 0 fully saturated rings. The zero-order valence-corrected chi connectivity index (χ0v) is 13.0. The summed E-state index contributed by atoms with van der Waals surface area (Å²) in [7, 11) is 0. The average molecular weight is 339 g/mol. The van der Waals surface area contributed by atoms with Crippen molar-refractivity contribution in [2.24, 2.45) is 0 Å². The molecule has 19 heavy (non-hydrogen) atoms. The Kier molecular flexibility index (Phi) is 4.27. The second-order valence-corrected chi connectivity index (χ2v) is 5.62. The number of aryl methyl sites for hydroxylation is 1. The van der Waals surface area contributed by atoms with Crippen molar-refractivity contribution in [1.29, 1.82) is 0 Å². The molecule has 0 spiro atoms. The lowest BCUT2D eigenvalue weighted by molar-refractivity contribution is 0.102. The largest absolute Gasteiger partial charge is 0.322 e. The van der Waals surface area contributed by atoms with E-state index in [-0.39, 0.29) is 5.91 Å². The molecule has 2 aromatic rings. The van der Waals surface area contributed by atoms with Crippen molar-refractivity contribution in [3.8, 4) is 0 Å². The van der Waals surface area contributed by atoms with E-state index in [4.69, 9.17) is 11.6 Å². The summed E-state index contributed by atoms with van der Waals surface area (Å²) in [5, 5.41) is 3.51. The maximum Gasteiger partial charge on any atom is 0.256 e. The Labute approximate surface area is 125 Å². The first-order valence-electron chi connectivity index (χ1n) is 5.81. The van der Waals surface area contributed by atoms with Crippen molar-refractivity contribution in [2.75, 3.05) is 5.32 Å². The molecule has 1 N–H and O–H groups in total. The van der Waals surface area contributed by atoms with Gasteiger partial charge in [-0.2, -0.15) is 0 Å². The maximum atomic E-state index is 12.2. The first kappa shape index (κ1) is 14.1. The number of anilines is 1. The van der Waals surface area contributed by atoms with E-state index in [2.05, 4.69) is 21.2 Å². The molecule has 0 aliphatic rings. The number of hydrogen-bond acceptors (Lipinski definition) is 1. The number of benzene rings is 2. The van der Waals surface area contributed by atoms with Gasteiger partial charge in [-0.05, 0) is 65.2 Å². The predicted molar refractivity (Wildman–Crippen MR) is 83.0 cm³/mol. The molecule has 2 rings (SSSR count). The van der Waals surface area contributed by atoms with Crippen molar-refractivity contribution in [3.05, 3.63) is 62.6 Å². The molecular formula is C15H13BrClNO. The first-order chi connectivity index (χ1) is 8.99. The fraction of sp³-hybridized carbons (Fsp3) is 0.133. The summed E-state index contributed by atoms with van der Waals surface area (Å²) in [6, 6.07) is 10.9. The Morgan fingerprint density at radius 2 is 1.95 bits per heavy atom. The number of nitrogens with one attached hydrogen (secondary N) is 1. The van der Waals surface area contributed by atoms with E-state index in [1.807, 2.05) is 32.0 Å². The van der Waals surface area contributed by atoms with Crippen LogP contribution in [-0.4, -0.2) is 5.91 Å². The van der Waals surface area contributed by atoms with Gasteiger partial charge in [0.15, 0.2) is 0 Å². The molecule has 0 saturated heterocycles. The molecule has 0 unspecified atom stereocenters. The third-order valence-electron chi connectivity index (χ3n) is 3.03. The van der Waals surface area contributed by atoms with Crippen LogP contribution in [0.3, 0.4) is 0 Å². The molecule has 1 amide bonds. The molecule has 0 aliphatic carbocycles. The Morgan fingerprint density at radius 1 is 1.21 bits per heavy atom. The van der Waals surface area contributed by atoms with Crippen LogP contribution in [0.2, 0.25) is 5.02 Å². The summed E-state index contributed by atoms with van der Waals surface area (Å²) >= 11 is 9.21. The Morgan fingerprint density at radius 3 is 2.63 bits per heavy atom. The van der Waals surface area contributed by atoms with Gasteiger partial charge in [0.1, 0.15) is 0 Å². The third-order valence-corrected chi connectivity index (χ3v) is 3.92. The monoisotopic (exact) mass is 337 g/mol. The standard InChI is InChI=1S/C15H13BrClNO/c1-9-4-3-5-14(10(9)2)18-15(19)12-7-6-11(17)8-13(12)16/h3-8H,1-2H3,(H,18,19). The first-order valence-corrected chi connectivity index (χ1v) is 6.99. The smallest absolute Gasteiger partial charge is 0.256 e. The van der Waals surface area contributed by atoms with E-state index in [1.165, 1.54) is 0 Å². The minimum atomic E-state index is -0.155. The number of amides is 1. The Balaban J connectivity index is 2.28. The molecule has 2 nitrogen and oxygen atoms in total. The van der Waals surface area contributed by atoms with Gasteiger partial charge >= 0.3 is 0 Å². The summed E-state index contributed by atoms with van der Waals surface area (Å²) < 4.78 is 0.683. The molecule has 0 bridgehead atoms. The SMILES string of the molecule is Cc1cccc(NC(=O)c2ccc(Cl)cc2Br)c1C. The minimum Gasteiger partial charge on any atom is -0.322 e. The van der Waals surface area contributed by atoms with Crippen LogP contribution in [0.4, 0.5) is 5.69 Å². The lowest BCUT2D eigenvalue weighted by atomic mass is 10.1. The van der Waals surface area contributed by atoms with Gasteiger partial charge in [0, 0.05) is 15.2 Å².